The molecule has 8 heteroatoms. The van der Waals surface area contributed by atoms with Crippen LogP contribution >= 0.6 is 0 Å². The molecule has 116 valence electrons. The molecule has 2 heterocycles. The number of carbonyl (C=O) groups is 1. The van der Waals surface area contributed by atoms with Gasteiger partial charge in [0.05, 0.1) is 6.21 Å². The molecule has 0 spiro atoms. The number of aryl methyl sites for hydroxylation is 2. The van der Waals surface area contributed by atoms with Gasteiger partial charge in [-0.3, -0.25) is 4.79 Å². The van der Waals surface area contributed by atoms with Crippen molar-refractivity contribution in [3.05, 3.63) is 53.1 Å². The number of aromatic nitrogens is 4. The van der Waals surface area contributed by atoms with Gasteiger partial charge in [-0.2, -0.15) is 10.1 Å². The average Bonchev–Trinajstić information content (AvgIpc) is 2.93. The molecule has 1 amide bonds. The van der Waals surface area contributed by atoms with E-state index in [0.717, 1.165) is 17.0 Å². The second kappa shape index (κ2) is 5.84. The Morgan fingerprint density at radius 2 is 2.00 bits per heavy atom. The van der Waals surface area contributed by atoms with Gasteiger partial charge in [0.2, 0.25) is 5.82 Å². The van der Waals surface area contributed by atoms with Gasteiger partial charge in [0.25, 0.3) is 5.78 Å². The second-order valence-electron chi connectivity index (χ2n) is 4.98. The lowest BCUT2D eigenvalue weighted by Gasteiger charge is -1.97. The number of phenolic OH excluding ortho intramolecular Hbond substituents is 1. The lowest BCUT2D eigenvalue weighted by molar-refractivity contribution is 0.0945. The van der Waals surface area contributed by atoms with Crippen LogP contribution in [0, 0.1) is 13.8 Å². The van der Waals surface area contributed by atoms with Crippen molar-refractivity contribution in [3.8, 4) is 5.75 Å². The fourth-order valence-electron chi connectivity index (χ4n) is 2.04. The molecule has 0 radical (unpaired) electrons. The molecule has 3 rings (SSSR count). The molecule has 0 aliphatic heterocycles. The van der Waals surface area contributed by atoms with Crippen LogP contribution in [0.25, 0.3) is 5.78 Å². The summed E-state index contributed by atoms with van der Waals surface area (Å²) in [7, 11) is 0. The molecule has 3 aromatic rings. The summed E-state index contributed by atoms with van der Waals surface area (Å²) in [6, 6.07) is 8.26. The van der Waals surface area contributed by atoms with Crippen LogP contribution in [0.15, 0.2) is 35.4 Å². The molecule has 2 N–H and O–H groups in total. The monoisotopic (exact) mass is 310 g/mol. The molecule has 2 aromatic heterocycles. The molecule has 0 aliphatic rings. The third kappa shape index (κ3) is 3.15. The zero-order chi connectivity index (χ0) is 16.4. The van der Waals surface area contributed by atoms with Gasteiger partial charge in [-0.25, -0.2) is 14.9 Å². The molecular formula is C15H14N6O2. The highest BCUT2D eigenvalue weighted by Crippen LogP contribution is 2.08. The van der Waals surface area contributed by atoms with Gasteiger partial charge in [0, 0.05) is 11.4 Å². The van der Waals surface area contributed by atoms with E-state index in [0.29, 0.717) is 5.78 Å². The number of nitrogens with one attached hydrogen (secondary N) is 1. The van der Waals surface area contributed by atoms with Gasteiger partial charge in [0.1, 0.15) is 5.75 Å². The fourth-order valence-corrected chi connectivity index (χ4v) is 2.04. The third-order valence-corrected chi connectivity index (χ3v) is 3.09. The Labute approximate surface area is 131 Å². The van der Waals surface area contributed by atoms with Gasteiger partial charge < -0.3 is 5.11 Å². The number of benzene rings is 1. The Kier molecular flexibility index (Phi) is 3.71. The number of aromatic hydroxyl groups is 1. The van der Waals surface area contributed by atoms with Crippen molar-refractivity contribution in [3.63, 3.8) is 0 Å². The molecule has 0 atom stereocenters. The van der Waals surface area contributed by atoms with E-state index in [1.165, 1.54) is 22.9 Å². The number of hydrogen-bond acceptors (Lipinski definition) is 6. The Bertz CT molecular complexity index is 898. The number of hydrogen-bond donors (Lipinski definition) is 2. The van der Waals surface area contributed by atoms with Crippen LogP contribution in [0.4, 0.5) is 0 Å². The SMILES string of the molecule is Cc1cc(C)n2nc(C(=O)N/N=C\c3ccc(O)cc3)nc2n1. The lowest BCUT2D eigenvalue weighted by atomic mass is 10.2. The van der Waals surface area contributed by atoms with E-state index in [1.54, 1.807) is 12.1 Å². The molecule has 23 heavy (non-hydrogen) atoms. The van der Waals surface area contributed by atoms with E-state index >= 15 is 0 Å². The van der Waals surface area contributed by atoms with Crippen LogP contribution in [0.2, 0.25) is 0 Å². The van der Waals surface area contributed by atoms with Crippen molar-refractivity contribution in [2.24, 2.45) is 5.10 Å². The molecule has 0 fully saturated rings. The van der Waals surface area contributed by atoms with Gasteiger partial charge in [-0.05, 0) is 49.7 Å². The van der Waals surface area contributed by atoms with Crippen molar-refractivity contribution >= 4 is 17.9 Å². The van der Waals surface area contributed by atoms with Gasteiger partial charge in [-0.15, -0.1) is 5.10 Å². The zero-order valence-electron chi connectivity index (χ0n) is 12.6. The topological polar surface area (TPSA) is 105 Å². The maximum Gasteiger partial charge on any atom is 0.311 e. The molecule has 1 aromatic carbocycles. The largest absolute Gasteiger partial charge is 0.508 e. The minimum absolute atomic E-state index is 0.00550. The predicted molar refractivity (Wildman–Crippen MR) is 83.4 cm³/mol. The van der Waals surface area contributed by atoms with E-state index in [9.17, 15) is 9.90 Å². The Hall–Kier alpha value is -3.29. The average molecular weight is 310 g/mol. The second-order valence-corrected chi connectivity index (χ2v) is 4.98. The lowest BCUT2D eigenvalue weighted by Crippen LogP contribution is -2.19. The first kappa shape index (κ1) is 14.6. The van der Waals surface area contributed by atoms with E-state index in [2.05, 4.69) is 25.6 Å². The number of rotatable bonds is 3. The van der Waals surface area contributed by atoms with E-state index in [4.69, 9.17) is 0 Å². The molecule has 8 nitrogen and oxygen atoms in total. The molecule has 0 saturated heterocycles. The van der Waals surface area contributed by atoms with E-state index in [-0.39, 0.29) is 11.6 Å². The molecule has 0 bridgehead atoms. The minimum atomic E-state index is -0.525. The Balaban J connectivity index is 1.75. The number of amides is 1. The summed E-state index contributed by atoms with van der Waals surface area (Å²) in [5.41, 5.74) is 4.74. The first-order chi connectivity index (χ1) is 11.0. The minimum Gasteiger partial charge on any atom is -0.508 e. The van der Waals surface area contributed by atoms with Crippen LogP contribution in [0.1, 0.15) is 27.6 Å². The molecular weight excluding hydrogens is 296 g/mol. The number of fused-ring (bicyclic) bond motifs is 1. The van der Waals surface area contributed by atoms with Crippen molar-refractivity contribution in [1.82, 2.24) is 25.0 Å². The summed E-state index contributed by atoms with van der Waals surface area (Å²) in [5.74, 6) is 0.00468. The normalized spacial score (nSPS) is 11.2. The van der Waals surface area contributed by atoms with Crippen LogP contribution in [0.5, 0.6) is 5.75 Å². The highest BCUT2D eigenvalue weighted by Gasteiger charge is 2.14. The van der Waals surface area contributed by atoms with Crippen LogP contribution in [0.3, 0.4) is 0 Å². The maximum absolute atomic E-state index is 12.0. The number of hydrazone groups is 1. The highest BCUT2D eigenvalue weighted by atomic mass is 16.3. The first-order valence-corrected chi connectivity index (χ1v) is 6.86. The Morgan fingerprint density at radius 1 is 1.26 bits per heavy atom. The highest BCUT2D eigenvalue weighted by molar-refractivity contribution is 5.91. The summed E-state index contributed by atoms with van der Waals surface area (Å²) in [4.78, 5) is 20.3. The molecule has 0 saturated carbocycles. The van der Waals surface area contributed by atoms with Crippen molar-refractivity contribution in [2.75, 3.05) is 0 Å². The quantitative estimate of drug-likeness (QED) is 0.559. The summed E-state index contributed by atoms with van der Waals surface area (Å²) >= 11 is 0. The van der Waals surface area contributed by atoms with Crippen LogP contribution < -0.4 is 5.43 Å². The predicted octanol–water partition coefficient (Wildman–Crippen LogP) is 1.21. The van der Waals surface area contributed by atoms with E-state index < -0.39 is 5.91 Å². The zero-order valence-corrected chi connectivity index (χ0v) is 12.6. The number of phenols is 1. The molecule has 0 aliphatic carbocycles. The van der Waals surface area contributed by atoms with E-state index in [1.807, 2.05) is 19.9 Å². The maximum atomic E-state index is 12.0. The van der Waals surface area contributed by atoms with Gasteiger partial charge in [0.15, 0.2) is 0 Å². The van der Waals surface area contributed by atoms with Gasteiger partial charge in [-0.1, -0.05) is 0 Å². The first-order valence-electron chi connectivity index (χ1n) is 6.86. The number of nitrogens with zero attached hydrogens (tertiary/aromatic N) is 5. The van der Waals surface area contributed by atoms with Crippen molar-refractivity contribution < 1.29 is 9.90 Å². The molecule has 0 unspecified atom stereocenters. The van der Waals surface area contributed by atoms with Gasteiger partial charge >= 0.3 is 5.91 Å². The smallest absolute Gasteiger partial charge is 0.311 e. The Morgan fingerprint density at radius 3 is 2.74 bits per heavy atom. The number of carbonyl (C=O) groups excluding carboxylic acids is 1. The fraction of sp³-hybridized carbons (Fsp3) is 0.133. The summed E-state index contributed by atoms with van der Waals surface area (Å²) in [6.07, 6.45) is 1.46. The van der Waals surface area contributed by atoms with Crippen molar-refractivity contribution in [2.45, 2.75) is 13.8 Å². The summed E-state index contributed by atoms with van der Waals surface area (Å²) in [6.45, 7) is 3.71. The van der Waals surface area contributed by atoms with Crippen LogP contribution in [-0.2, 0) is 0 Å². The summed E-state index contributed by atoms with van der Waals surface area (Å²) < 4.78 is 1.51. The summed E-state index contributed by atoms with van der Waals surface area (Å²) in [5, 5.41) is 17.1. The van der Waals surface area contributed by atoms with Crippen LogP contribution in [-0.4, -0.2) is 36.8 Å². The van der Waals surface area contributed by atoms with Crippen molar-refractivity contribution in [1.29, 1.82) is 0 Å². The third-order valence-electron chi connectivity index (χ3n) is 3.09. The standard InChI is InChI=1S/C15H14N6O2/c1-9-7-10(2)21-15(17-9)18-13(20-21)14(23)19-16-8-11-3-5-12(22)6-4-11/h3-8,22H,1-2H3,(H,19,23)/b16-8-.